The van der Waals surface area contributed by atoms with Crippen LogP contribution in [0.3, 0.4) is 0 Å². The van der Waals surface area contributed by atoms with Crippen LogP contribution in [0.5, 0.6) is 0 Å². The summed E-state index contributed by atoms with van der Waals surface area (Å²) in [7, 11) is 0. The zero-order valence-corrected chi connectivity index (χ0v) is 18.3. The van der Waals surface area contributed by atoms with Crippen LogP contribution < -0.4 is 0 Å². The highest BCUT2D eigenvalue weighted by atomic mass is 19.4. The van der Waals surface area contributed by atoms with Crippen LogP contribution in [0.15, 0.2) is 4.42 Å². The molecule has 0 aromatic carbocycles. The fourth-order valence-corrected chi connectivity index (χ4v) is 3.91. The number of aromatic nitrogens is 5. The lowest BCUT2D eigenvalue weighted by Gasteiger charge is -2.30. The zero-order chi connectivity index (χ0) is 24.1. The molecule has 10 nitrogen and oxygen atoms in total. The first kappa shape index (κ1) is 23.3. The lowest BCUT2D eigenvalue weighted by Crippen LogP contribution is -2.47. The summed E-state index contributed by atoms with van der Waals surface area (Å²) in [5.41, 5.74) is -0.486. The molecule has 1 amide bonds. The lowest BCUT2D eigenvalue weighted by atomic mass is 9.97. The van der Waals surface area contributed by atoms with E-state index in [1.54, 1.807) is 4.90 Å². The van der Waals surface area contributed by atoms with Crippen molar-refractivity contribution in [3.05, 3.63) is 23.4 Å². The van der Waals surface area contributed by atoms with Gasteiger partial charge < -0.3 is 13.9 Å². The van der Waals surface area contributed by atoms with Gasteiger partial charge in [-0.2, -0.15) is 13.2 Å². The number of likely N-dealkylation sites (tertiary alicyclic amines) is 1. The van der Waals surface area contributed by atoms with Crippen LogP contribution in [0.25, 0.3) is 0 Å². The topological polar surface area (TPSA) is 110 Å². The number of amides is 1. The number of halogens is 4. The van der Waals surface area contributed by atoms with Gasteiger partial charge in [0, 0.05) is 24.9 Å². The maximum atomic E-state index is 14.2. The molecule has 2 aliphatic rings. The van der Waals surface area contributed by atoms with Crippen molar-refractivity contribution in [3.63, 3.8) is 0 Å². The van der Waals surface area contributed by atoms with E-state index in [-0.39, 0.29) is 56.8 Å². The van der Waals surface area contributed by atoms with Crippen LogP contribution in [0.2, 0.25) is 0 Å². The first-order valence-corrected chi connectivity index (χ1v) is 10.4. The number of hydrogen-bond acceptors (Lipinski definition) is 8. The summed E-state index contributed by atoms with van der Waals surface area (Å²) in [5, 5.41) is 14.4. The van der Waals surface area contributed by atoms with E-state index in [4.69, 9.17) is 4.42 Å². The van der Waals surface area contributed by atoms with Gasteiger partial charge >= 0.3 is 6.18 Å². The van der Waals surface area contributed by atoms with Gasteiger partial charge in [0.05, 0.1) is 19.6 Å². The van der Waals surface area contributed by atoms with Crippen LogP contribution in [0.4, 0.5) is 17.6 Å². The van der Waals surface area contributed by atoms with Crippen molar-refractivity contribution >= 4 is 11.7 Å². The minimum Gasteiger partial charge on any atom is -0.418 e. The van der Waals surface area contributed by atoms with Crippen molar-refractivity contribution in [1.82, 2.24) is 34.8 Å². The van der Waals surface area contributed by atoms with Gasteiger partial charge in [0.2, 0.25) is 23.4 Å². The van der Waals surface area contributed by atoms with E-state index in [0.717, 1.165) is 9.47 Å². The SMILES string of the molecule is CC(C)(C)c1nnc(C(=O)C2C[C@H](F)CN2C(=O)CN2CCn3c(nnc3C(F)(F)F)C2)o1. The third-order valence-corrected chi connectivity index (χ3v) is 5.60. The molecule has 33 heavy (non-hydrogen) atoms. The Balaban J connectivity index is 1.44. The van der Waals surface area contributed by atoms with Gasteiger partial charge in [0.1, 0.15) is 18.0 Å². The lowest BCUT2D eigenvalue weighted by molar-refractivity contribution is -0.148. The molecule has 4 rings (SSSR count). The standard InChI is InChI=1S/C19H23F4N7O3/c1-18(2,3)17-27-25-15(33-17)14(32)11-6-10(20)7-30(11)13(31)9-28-4-5-29-12(8-28)24-26-16(29)19(21,22)23/h10-11H,4-9H2,1-3H3/t10-,11?/m0/s1. The van der Waals surface area contributed by atoms with E-state index >= 15 is 0 Å². The Hall–Kier alpha value is -2.90. The Morgan fingerprint density at radius 2 is 1.82 bits per heavy atom. The molecule has 0 aliphatic carbocycles. The Morgan fingerprint density at radius 1 is 1.09 bits per heavy atom. The predicted molar refractivity (Wildman–Crippen MR) is 103 cm³/mol. The first-order valence-electron chi connectivity index (χ1n) is 10.4. The number of Topliss-reactive ketones (excluding diaryl/α,β-unsaturated/α-hetero) is 1. The van der Waals surface area contributed by atoms with Crippen molar-refractivity contribution in [2.24, 2.45) is 0 Å². The Bertz CT molecular complexity index is 1060. The molecular formula is C19H23F4N7O3. The van der Waals surface area contributed by atoms with E-state index < -0.39 is 41.3 Å². The van der Waals surface area contributed by atoms with Crippen molar-refractivity contribution < 1.29 is 31.6 Å². The fourth-order valence-electron chi connectivity index (χ4n) is 3.91. The molecule has 4 heterocycles. The molecule has 2 aromatic rings. The molecule has 0 radical (unpaired) electrons. The minimum atomic E-state index is -4.62. The van der Waals surface area contributed by atoms with Gasteiger partial charge in [-0.3, -0.25) is 14.5 Å². The molecule has 0 saturated carbocycles. The highest BCUT2D eigenvalue weighted by Gasteiger charge is 2.43. The molecule has 0 bridgehead atoms. The first-order chi connectivity index (χ1) is 15.3. The largest absolute Gasteiger partial charge is 0.451 e. The van der Waals surface area contributed by atoms with E-state index in [0.29, 0.717) is 0 Å². The zero-order valence-electron chi connectivity index (χ0n) is 18.3. The quantitative estimate of drug-likeness (QED) is 0.487. The second kappa shape index (κ2) is 8.15. The van der Waals surface area contributed by atoms with Crippen LogP contribution in [0, 0.1) is 0 Å². The number of ketones is 1. The molecule has 1 fully saturated rings. The highest BCUT2D eigenvalue weighted by Crippen LogP contribution is 2.30. The third kappa shape index (κ3) is 4.61. The minimum absolute atomic E-state index is 0.0288. The normalized spacial score (nSPS) is 22.0. The number of hydrogen-bond donors (Lipinski definition) is 0. The van der Waals surface area contributed by atoms with Crippen LogP contribution in [-0.2, 0) is 29.5 Å². The summed E-state index contributed by atoms with van der Waals surface area (Å²) in [4.78, 5) is 28.5. The fraction of sp³-hybridized carbons (Fsp3) is 0.684. The van der Waals surface area contributed by atoms with E-state index in [2.05, 4.69) is 20.4 Å². The Morgan fingerprint density at radius 3 is 2.45 bits per heavy atom. The second-order valence-corrected chi connectivity index (χ2v) is 9.22. The number of carbonyl (C=O) groups excluding carboxylic acids is 2. The average molecular weight is 473 g/mol. The van der Waals surface area contributed by atoms with Gasteiger partial charge in [0.25, 0.3) is 5.89 Å². The summed E-state index contributed by atoms with van der Waals surface area (Å²) in [6, 6.07) is -1.09. The summed E-state index contributed by atoms with van der Waals surface area (Å²) < 4.78 is 59.6. The molecule has 0 N–H and O–H groups in total. The average Bonchev–Trinajstić information content (AvgIpc) is 3.43. The highest BCUT2D eigenvalue weighted by molar-refractivity contribution is 5.99. The molecule has 1 saturated heterocycles. The van der Waals surface area contributed by atoms with E-state index in [9.17, 15) is 27.2 Å². The molecular weight excluding hydrogens is 450 g/mol. The van der Waals surface area contributed by atoms with Crippen LogP contribution in [0.1, 0.15) is 55.4 Å². The number of rotatable bonds is 4. The number of nitrogens with zero attached hydrogens (tertiary/aromatic N) is 7. The van der Waals surface area contributed by atoms with E-state index in [1.807, 2.05) is 20.8 Å². The smallest absolute Gasteiger partial charge is 0.418 e. The number of fused-ring (bicyclic) bond motifs is 1. The van der Waals surface area contributed by atoms with Crippen LogP contribution >= 0.6 is 0 Å². The summed E-state index contributed by atoms with van der Waals surface area (Å²) >= 11 is 0. The summed E-state index contributed by atoms with van der Waals surface area (Å²) in [6.07, 6.45) is -6.21. The number of carbonyl (C=O) groups is 2. The predicted octanol–water partition coefficient (Wildman–Crippen LogP) is 1.61. The van der Waals surface area contributed by atoms with Gasteiger partial charge in [-0.05, 0) is 0 Å². The van der Waals surface area contributed by atoms with Gasteiger partial charge in [0.15, 0.2) is 0 Å². The molecule has 2 aromatic heterocycles. The summed E-state index contributed by atoms with van der Waals surface area (Å²) in [5.74, 6) is -2.20. The number of alkyl halides is 4. The third-order valence-electron chi connectivity index (χ3n) is 5.60. The van der Waals surface area contributed by atoms with E-state index in [1.165, 1.54) is 0 Å². The summed E-state index contributed by atoms with van der Waals surface area (Å²) in [6.45, 7) is 5.08. The Kier molecular flexibility index (Phi) is 5.75. The van der Waals surface area contributed by atoms with Gasteiger partial charge in [-0.15, -0.1) is 20.4 Å². The second-order valence-electron chi connectivity index (χ2n) is 9.22. The maximum absolute atomic E-state index is 14.2. The Labute approximate surface area is 185 Å². The molecule has 2 atom stereocenters. The molecule has 2 aliphatic heterocycles. The van der Waals surface area contributed by atoms with Crippen LogP contribution in [-0.4, -0.2) is 78.3 Å². The molecule has 14 heteroatoms. The van der Waals surface area contributed by atoms with Crippen molar-refractivity contribution in [3.8, 4) is 0 Å². The van der Waals surface area contributed by atoms with Gasteiger partial charge in [-0.1, -0.05) is 20.8 Å². The maximum Gasteiger partial charge on any atom is 0.451 e. The molecule has 1 unspecified atom stereocenters. The molecule has 0 spiro atoms. The van der Waals surface area contributed by atoms with Crippen molar-refractivity contribution in [2.45, 2.75) is 64.1 Å². The van der Waals surface area contributed by atoms with Gasteiger partial charge in [-0.25, -0.2) is 4.39 Å². The van der Waals surface area contributed by atoms with Crippen molar-refractivity contribution in [2.75, 3.05) is 19.6 Å². The monoisotopic (exact) mass is 473 g/mol. The van der Waals surface area contributed by atoms with Crippen molar-refractivity contribution in [1.29, 1.82) is 0 Å². The molecule has 180 valence electrons.